The Morgan fingerprint density at radius 2 is 1.93 bits per heavy atom. The van der Waals surface area contributed by atoms with Gasteiger partial charge in [0.15, 0.2) is 0 Å². The molecule has 27 heavy (non-hydrogen) atoms. The number of aryl methyl sites for hydroxylation is 1. The molecule has 2 amide bonds. The lowest BCUT2D eigenvalue weighted by Gasteiger charge is -2.18. The van der Waals surface area contributed by atoms with Gasteiger partial charge in [-0.05, 0) is 25.0 Å². The first-order chi connectivity index (χ1) is 12.7. The first kappa shape index (κ1) is 18.9. The number of rotatable bonds is 4. The molecule has 5 nitrogen and oxygen atoms in total. The second-order valence-electron chi connectivity index (χ2n) is 6.52. The number of aromatic nitrogens is 1. The molecule has 142 valence electrons. The topological polar surface area (TPSA) is 62.3 Å². The Balaban J connectivity index is 1.69. The van der Waals surface area contributed by atoms with Gasteiger partial charge in [-0.3, -0.25) is 14.6 Å². The maximum atomic E-state index is 12.5. The maximum absolute atomic E-state index is 12.5. The van der Waals surface area contributed by atoms with Crippen molar-refractivity contribution in [2.75, 3.05) is 13.1 Å². The summed E-state index contributed by atoms with van der Waals surface area (Å²) in [5, 5.41) is 2.51. The Hall–Kier alpha value is -2.90. The van der Waals surface area contributed by atoms with E-state index in [4.69, 9.17) is 0 Å². The Kier molecular flexibility index (Phi) is 5.16. The van der Waals surface area contributed by atoms with Crippen molar-refractivity contribution in [3.8, 4) is 11.1 Å². The highest BCUT2D eigenvalue weighted by Crippen LogP contribution is 2.22. The van der Waals surface area contributed by atoms with Crippen molar-refractivity contribution in [1.29, 1.82) is 0 Å². The molecule has 1 aliphatic heterocycles. The highest BCUT2D eigenvalue weighted by atomic mass is 19.4. The molecule has 1 atom stereocenters. The predicted molar refractivity (Wildman–Crippen MR) is 92.9 cm³/mol. The number of carbonyl (C=O) groups is 2. The molecule has 1 saturated heterocycles. The summed E-state index contributed by atoms with van der Waals surface area (Å²) in [6, 6.07) is 8.37. The zero-order valence-corrected chi connectivity index (χ0v) is 14.6. The van der Waals surface area contributed by atoms with E-state index in [9.17, 15) is 22.8 Å². The first-order valence-corrected chi connectivity index (χ1v) is 8.41. The second-order valence-corrected chi connectivity index (χ2v) is 6.52. The zero-order chi connectivity index (χ0) is 19.6. The third-order valence-corrected chi connectivity index (χ3v) is 4.36. The van der Waals surface area contributed by atoms with Crippen molar-refractivity contribution < 1.29 is 22.8 Å². The molecule has 0 saturated carbocycles. The van der Waals surface area contributed by atoms with Crippen LogP contribution in [0.4, 0.5) is 13.2 Å². The van der Waals surface area contributed by atoms with Crippen LogP contribution in [0.5, 0.6) is 0 Å². The van der Waals surface area contributed by atoms with Gasteiger partial charge in [-0.25, -0.2) is 0 Å². The summed E-state index contributed by atoms with van der Waals surface area (Å²) < 4.78 is 37.4. The highest BCUT2D eigenvalue weighted by Gasteiger charge is 2.39. The van der Waals surface area contributed by atoms with E-state index in [1.807, 2.05) is 31.2 Å². The third kappa shape index (κ3) is 4.64. The van der Waals surface area contributed by atoms with Crippen LogP contribution >= 0.6 is 0 Å². The van der Waals surface area contributed by atoms with Crippen molar-refractivity contribution in [3.63, 3.8) is 0 Å². The molecular weight excluding hydrogens is 359 g/mol. The van der Waals surface area contributed by atoms with Crippen molar-refractivity contribution in [2.45, 2.75) is 25.6 Å². The Morgan fingerprint density at radius 1 is 1.22 bits per heavy atom. The third-order valence-electron chi connectivity index (χ3n) is 4.36. The Morgan fingerprint density at radius 3 is 2.59 bits per heavy atom. The van der Waals surface area contributed by atoms with E-state index in [2.05, 4.69) is 10.3 Å². The van der Waals surface area contributed by atoms with Crippen molar-refractivity contribution in [1.82, 2.24) is 15.2 Å². The van der Waals surface area contributed by atoms with Gasteiger partial charge in [0, 0.05) is 24.5 Å². The van der Waals surface area contributed by atoms with Crippen LogP contribution < -0.4 is 5.32 Å². The van der Waals surface area contributed by atoms with Gasteiger partial charge in [0.1, 0.15) is 12.6 Å². The first-order valence-electron chi connectivity index (χ1n) is 8.41. The molecule has 1 aliphatic rings. The molecule has 1 aromatic heterocycles. The summed E-state index contributed by atoms with van der Waals surface area (Å²) in [7, 11) is 0. The van der Waals surface area contributed by atoms with E-state index in [1.165, 1.54) is 6.20 Å². The molecular formula is C19H18F3N3O2. The van der Waals surface area contributed by atoms with Crippen LogP contribution in [0.2, 0.25) is 0 Å². The summed E-state index contributed by atoms with van der Waals surface area (Å²) in [5.41, 5.74) is 2.97. The minimum atomic E-state index is -4.46. The van der Waals surface area contributed by atoms with E-state index >= 15 is 0 Å². The van der Waals surface area contributed by atoms with E-state index in [0.29, 0.717) is 4.90 Å². The van der Waals surface area contributed by atoms with Crippen LogP contribution in [-0.2, 0) is 4.79 Å². The molecule has 8 heteroatoms. The number of nitrogens with one attached hydrogen (secondary N) is 1. The van der Waals surface area contributed by atoms with Crippen LogP contribution in [0.15, 0.2) is 42.7 Å². The number of halogens is 3. The van der Waals surface area contributed by atoms with Gasteiger partial charge in [0.2, 0.25) is 5.91 Å². The van der Waals surface area contributed by atoms with Crippen LogP contribution in [0, 0.1) is 6.92 Å². The number of pyridine rings is 1. The molecule has 1 fully saturated rings. The Bertz CT molecular complexity index is 850. The van der Waals surface area contributed by atoms with Gasteiger partial charge in [-0.2, -0.15) is 13.2 Å². The molecule has 1 unspecified atom stereocenters. The predicted octanol–water partition coefficient (Wildman–Crippen LogP) is 2.95. The maximum Gasteiger partial charge on any atom is 0.406 e. The number of benzene rings is 1. The number of amides is 2. The summed E-state index contributed by atoms with van der Waals surface area (Å²) in [4.78, 5) is 29.3. The molecule has 0 bridgehead atoms. The number of nitrogens with zero attached hydrogens (tertiary/aromatic N) is 2. The number of alkyl halides is 3. The summed E-state index contributed by atoms with van der Waals surface area (Å²) in [5.74, 6) is -1.26. The van der Waals surface area contributed by atoms with Crippen molar-refractivity contribution >= 4 is 11.8 Å². The van der Waals surface area contributed by atoms with Gasteiger partial charge < -0.3 is 10.2 Å². The van der Waals surface area contributed by atoms with Gasteiger partial charge in [-0.1, -0.05) is 29.8 Å². The van der Waals surface area contributed by atoms with Gasteiger partial charge >= 0.3 is 6.18 Å². The fraction of sp³-hybridized carbons (Fsp3) is 0.316. The number of likely N-dealkylation sites (tertiary alicyclic amines) is 1. The smallest absolute Gasteiger partial charge is 0.340 e. The molecule has 1 N–H and O–H groups in total. The molecule has 0 aliphatic carbocycles. The fourth-order valence-corrected chi connectivity index (χ4v) is 2.96. The minimum Gasteiger partial charge on any atom is -0.340 e. The van der Waals surface area contributed by atoms with Crippen molar-refractivity contribution in [3.05, 3.63) is 53.9 Å². The average Bonchev–Trinajstić information content (AvgIpc) is 2.94. The van der Waals surface area contributed by atoms with Gasteiger partial charge in [0.05, 0.1) is 5.56 Å². The quantitative estimate of drug-likeness (QED) is 0.891. The van der Waals surface area contributed by atoms with Crippen LogP contribution in [0.25, 0.3) is 11.1 Å². The van der Waals surface area contributed by atoms with E-state index in [-0.39, 0.29) is 18.5 Å². The van der Waals surface area contributed by atoms with E-state index in [1.54, 1.807) is 12.3 Å². The fourth-order valence-electron chi connectivity index (χ4n) is 2.96. The molecule has 0 radical (unpaired) electrons. The molecule has 2 heterocycles. The number of hydrogen-bond donors (Lipinski definition) is 1. The summed E-state index contributed by atoms with van der Waals surface area (Å²) in [6.45, 7) is 0.625. The lowest BCUT2D eigenvalue weighted by molar-refractivity contribution is -0.157. The van der Waals surface area contributed by atoms with Gasteiger partial charge in [-0.15, -0.1) is 0 Å². The van der Waals surface area contributed by atoms with Gasteiger partial charge in [0.25, 0.3) is 5.91 Å². The van der Waals surface area contributed by atoms with E-state index in [0.717, 1.165) is 16.7 Å². The monoisotopic (exact) mass is 377 g/mol. The molecule has 1 aromatic carbocycles. The Labute approximate surface area is 154 Å². The SMILES string of the molecule is Cc1ccc(-c2cncc(C(=O)NC3CCN(CC(F)(F)F)C3=O)c2)cc1. The largest absolute Gasteiger partial charge is 0.406 e. The number of hydrogen-bond acceptors (Lipinski definition) is 3. The second kappa shape index (κ2) is 7.38. The molecule has 3 rings (SSSR count). The normalized spacial score (nSPS) is 17.3. The van der Waals surface area contributed by atoms with Crippen molar-refractivity contribution in [2.24, 2.45) is 0 Å². The zero-order valence-electron chi connectivity index (χ0n) is 14.6. The van der Waals surface area contributed by atoms with E-state index < -0.39 is 30.6 Å². The van der Waals surface area contributed by atoms with Crippen LogP contribution in [0.3, 0.4) is 0 Å². The molecule has 2 aromatic rings. The number of carbonyl (C=O) groups excluding carboxylic acids is 2. The van der Waals surface area contributed by atoms with Crippen LogP contribution in [-0.4, -0.2) is 47.0 Å². The highest BCUT2D eigenvalue weighted by molar-refractivity contribution is 5.98. The summed E-state index contributed by atoms with van der Waals surface area (Å²) >= 11 is 0. The summed E-state index contributed by atoms with van der Waals surface area (Å²) in [6.07, 6.45) is -1.33. The lowest BCUT2D eigenvalue weighted by Crippen LogP contribution is -2.43. The minimum absolute atomic E-state index is 0.0368. The lowest BCUT2D eigenvalue weighted by atomic mass is 10.0. The molecule has 0 spiro atoms. The average molecular weight is 377 g/mol. The van der Waals surface area contributed by atoms with Crippen LogP contribution in [0.1, 0.15) is 22.3 Å². The standard InChI is InChI=1S/C19H18F3N3O2/c1-12-2-4-13(5-3-12)14-8-15(10-23-9-14)17(26)24-16-6-7-25(18(16)27)11-19(20,21)22/h2-5,8-10,16H,6-7,11H2,1H3,(H,24,26).